The number of sulfonamides is 1. The number of aromatic nitrogens is 2. The molecule has 2 heterocycles. The molecule has 1 aromatic heterocycles. The number of hydrogen-bond acceptors (Lipinski definition) is 7. The van der Waals surface area contributed by atoms with Crippen LogP contribution in [0, 0.1) is 0 Å². The number of carbonyl (C=O) groups is 1. The highest BCUT2D eigenvalue weighted by atomic mass is 32.2. The van der Waals surface area contributed by atoms with E-state index in [1.807, 2.05) is 36.6 Å². The molecule has 0 bridgehead atoms. The molecule has 0 saturated carbocycles. The zero-order chi connectivity index (χ0) is 21.8. The Bertz CT molecular complexity index is 1170. The molecule has 1 aliphatic rings. The Balaban J connectivity index is 1.59. The molecule has 1 saturated heterocycles. The number of carbonyl (C=O) groups excluding carboxylic acids is 1. The Labute approximate surface area is 189 Å². The van der Waals surface area contributed by atoms with Gasteiger partial charge in [-0.05, 0) is 43.7 Å². The minimum Gasteiger partial charge on any atom is -0.339 e. The topological polar surface area (TPSA) is 92.3 Å². The van der Waals surface area contributed by atoms with Gasteiger partial charge in [-0.1, -0.05) is 41.7 Å². The highest BCUT2D eigenvalue weighted by Crippen LogP contribution is 2.30. The summed E-state index contributed by atoms with van der Waals surface area (Å²) >= 11 is 2.59. The van der Waals surface area contributed by atoms with Crippen LogP contribution in [0.25, 0.3) is 10.6 Å². The predicted molar refractivity (Wildman–Crippen MR) is 124 cm³/mol. The number of nitrogens with one attached hydrogen (secondary N) is 1. The van der Waals surface area contributed by atoms with E-state index in [-0.39, 0.29) is 15.9 Å². The lowest BCUT2D eigenvalue weighted by Crippen LogP contribution is -2.36. The Hall–Kier alpha value is -2.43. The second kappa shape index (κ2) is 9.37. The number of benzene rings is 2. The normalized spacial score (nSPS) is 14.4. The molecule has 2 aromatic carbocycles. The lowest BCUT2D eigenvalue weighted by Gasteiger charge is -2.27. The second-order valence-corrected chi connectivity index (χ2v) is 10.6. The fourth-order valence-corrected chi connectivity index (χ4v) is 6.00. The van der Waals surface area contributed by atoms with Crippen molar-refractivity contribution in [3.05, 3.63) is 54.1 Å². The minimum absolute atomic E-state index is 0.0297. The summed E-state index contributed by atoms with van der Waals surface area (Å²) in [6.45, 7) is 1.41. The van der Waals surface area contributed by atoms with Crippen molar-refractivity contribution in [2.24, 2.45) is 0 Å². The Morgan fingerprint density at radius 2 is 1.81 bits per heavy atom. The average Bonchev–Trinajstić information content (AvgIpc) is 3.27. The third kappa shape index (κ3) is 4.91. The quantitative estimate of drug-likeness (QED) is 0.534. The van der Waals surface area contributed by atoms with Crippen molar-refractivity contribution in [2.45, 2.75) is 29.1 Å². The van der Waals surface area contributed by atoms with E-state index in [0.717, 1.165) is 41.1 Å². The van der Waals surface area contributed by atoms with Gasteiger partial charge in [0, 0.05) is 23.5 Å². The van der Waals surface area contributed by atoms with Gasteiger partial charge >= 0.3 is 0 Å². The molecule has 162 valence electrons. The lowest BCUT2D eigenvalue weighted by molar-refractivity contribution is 0.0720. The van der Waals surface area contributed by atoms with Crippen molar-refractivity contribution < 1.29 is 13.2 Å². The lowest BCUT2D eigenvalue weighted by atomic mass is 10.1. The number of anilines is 1. The molecule has 0 aliphatic carbocycles. The van der Waals surface area contributed by atoms with Crippen molar-refractivity contribution in [3.8, 4) is 10.6 Å². The number of likely N-dealkylation sites (tertiary alicyclic amines) is 1. The van der Waals surface area contributed by atoms with Crippen molar-refractivity contribution in [2.75, 3.05) is 24.1 Å². The summed E-state index contributed by atoms with van der Waals surface area (Å²) in [6, 6.07) is 14.1. The first kappa shape index (κ1) is 21.8. The van der Waals surface area contributed by atoms with Gasteiger partial charge in [0.15, 0.2) is 0 Å². The maximum Gasteiger partial charge on any atom is 0.263 e. The average molecular weight is 475 g/mol. The SMILES string of the molecule is CSc1ccc(S(=O)(=O)Nc2nnc(-c3ccccc3)s2)cc1C(=O)N1CCCCC1. The van der Waals surface area contributed by atoms with E-state index in [1.165, 1.54) is 23.9 Å². The monoisotopic (exact) mass is 474 g/mol. The molecule has 1 fully saturated rings. The smallest absolute Gasteiger partial charge is 0.263 e. The summed E-state index contributed by atoms with van der Waals surface area (Å²) < 4.78 is 28.5. The molecule has 10 heteroatoms. The van der Waals surface area contributed by atoms with Crippen molar-refractivity contribution in [3.63, 3.8) is 0 Å². The Morgan fingerprint density at radius 1 is 1.06 bits per heavy atom. The summed E-state index contributed by atoms with van der Waals surface area (Å²) in [5.74, 6) is -0.122. The fourth-order valence-electron chi connectivity index (χ4n) is 3.42. The zero-order valence-corrected chi connectivity index (χ0v) is 19.4. The number of piperidine rings is 1. The number of hydrogen-bond donors (Lipinski definition) is 1. The number of rotatable bonds is 6. The molecule has 0 unspecified atom stereocenters. The first-order chi connectivity index (χ1) is 15.0. The number of thioether (sulfide) groups is 1. The van der Waals surface area contributed by atoms with Crippen LogP contribution < -0.4 is 4.72 Å². The van der Waals surface area contributed by atoms with Crippen LogP contribution in [0.2, 0.25) is 0 Å². The molecule has 0 atom stereocenters. The summed E-state index contributed by atoms with van der Waals surface area (Å²) in [5.41, 5.74) is 1.28. The second-order valence-electron chi connectivity index (χ2n) is 7.10. The van der Waals surface area contributed by atoms with Crippen molar-refractivity contribution >= 4 is 44.2 Å². The first-order valence-corrected chi connectivity index (χ1v) is 13.4. The maximum atomic E-state index is 13.1. The van der Waals surface area contributed by atoms with Crippen molar-refractivity contribution in [1.29, 1.82) is 0 Å². The predicted octanol–water partition coefficient (Wildman–Crippen LogP) is 4.35. The summed E-state index contributed by atoms with van der Waals surface area (Å²) in [4.78, 5) is 15.6. The van der Waals surface area contributed by atoms with Crippen LogP contribution in [0.4, 0.5) is 5.13 Å². The largest absolute Gasteiger partial charge is 0.339 e. The van der Waals surface area contributed by atoms with E-state index < -0.39 is 10.0 Å². The van der Waals surface area contributed by atoms with Crippen LogP contribution in [0.15, 0.2) is 58.3 Å². The van der Waals surface area contributed by atoms with E-state index in [2.05, 4.69) is 14.9 Å². The van der Waals surface area contributed by atoms with E-state index in [0.29, 0.717) is 23.7 Å². The molecule has 0 radical (unpaired) electrons. The highest BCUT2D eigenvalue weighted by Gasteiger charge is 2.24. The van der Waals surface area contributed by atoms with Crippen LogP contribution in [0.5, 0.6) is 0 Å². The van der Waals surface area contributed by atoms with Crippen LogP contribution >= 0.6 is 23.1 Å². The molecule has 31 heavy (non-hydrogen) atoms. The van der Waals surface area contributed by atoms with Crippen molar-refractivity contribution in [1.82, 2.24) is 15.1 Å². The zero-order valence-electron chi connectivity index (χ0n) is 16.9. The molecular weight excluding hydrogens is 452 g/mol. The van der Waals surface area contributed by atoms with Crippen LogP contribution in [0.1, 0.15) is 29.6 Å². The van der Waals surface area contributed by atoms with Gasteiger partial charge in [0.1, 0.15) is 5.01 Å². The number of amides is 1. The highest BCUT2D eigenvalue weighted by molar-refractivity contribution is 7.98. The summed E-state index contributed by atoms with van der Waals surface area (Å²) in [6.07, 6.45) is 4.94. The summed E-state index contributed by atoms with van der Waals surface area (Å²) in [7, 11) is -3.92. The summed E-state index contributed by atoms with van der Waals surface area (Å²) in [5, 5.41) is 8.84. The van der Waals surface area contributed by atoms with Crippen LogP contribution in [-0.4, -0.2) is 48.8 Å². The van der Waals surface area contributed by atoms with Crippen LogP contribution in [-0.2, 0) is 10.0 Å². The van der Waals surface area contributed by atoms with E-state index in [9.17, 15) is 13.2 Å². The van der Waals surface area contributed by atoms with Crippen LogP contribution in [0.3, 0.4) is 0 Å². The van der Waals surface area contributed by atoms with Gasteiger partial charge in [-0.3, -0.25) is 9.52 Å². The van der Waals surface area contributed by atoms with E-state index in [4.69, 9.17) is 0 Å². The van der Waals surface area contributed by atoms with Gasteiger partial charge in [0.05, 0.1) is 10.5 Å². The molecule has 0 spiro atoms. The fraction of sp³-hybridized carbons (Fsp3) is 0.286. The van der Waals surface area contributed by atoms with Gasteiger partial charge in [-0.15, -0.1) is 22.0 Å². The Kier molecular flexibility index (Phi) is 6.59. The van der Waals surface area contributed by atoms with Gasteiger partial charge in [0.2, 0.25) is 5.13 Å². The molecule has 3 aromatic rings. The van der Waals surface area contributed by atoms with Gasteiger partial charge in [-0.25, -0.2) is 8.42 Å². The standard InChI is InChI=1S/C21H22N4O3S3/c1-29-18-11-10-16(14-17(18)20(26)25-12-6-3-7-13-25)31(27,28)24-21-23-22-19(30-21)15-8-4-2-5-9-15/h2,4-5,8-11,14H,3,6-7,12-13H2,1H3,(H,23,24). The molecule has 7 nitrogen and oxygen atoms in total. The van der Waals surface area contributed by atoms with Gasteiger partial charge in [-0.2, -0.15) is 0 Å². The minimum atomic E-state index is -3.92. The first-order valence-electron chi connectivity index (χ1n) is 9.87. The Morgan fingerprint density at radius 3 is 2.52 bits per heavy atom. The molecule has 4 rings (SSSR count). The third-order valence-corrected chi connectivity index (χ3v) is 8.17. The third-order valence-electron chi connectivity index (χ3n) is 5.02. The van der Waals surface area contributed by atoms with E-state index >= 15 is 0 Å². The molecule has 1 N–H and O–H groups in total. The number of nitrogens with zero attached hydrogens (tertiary/aromatic N) is 3. The molecular formula is C21H22N4O3S3. The van der Waals surface area contributed by atoms with E-state index in [1.54, 1.807) is 11.0 Å². The maximum absolute atomic E-state index is 13.1. The molecule has 1 amide bonds. The van der Waals surface area contributed by atoms with Gasteiger partial charge in [0.25, 0.3) is 15.9 Å². The molecule has 1 aliphatic heterocycles. The van der Waals surface area contributed by atoms with Gasteiger partial charge < -0.3 is 4.90 Å².